The van der Waals surface area contributed by atoms with Gasteiger partial charge in [0.05, 0.1) is 6.61 Å². The Labute approximate surface area is 113 Å². The van der Waals surface area contributed by atoms with Crippen molar-refractivity contribution in [3.8, 4) is 0 Å². The lowest BCUT2D eigenvalue weighted by Crippen LogP contribution is -2.58. The molecule has 1 atom stereocenters. The molecule has 1 saturated heterocycles. The molecule has 1 spiro atoms. The van der Waals surface area contributed by atoms with Gasteiger partial charge in [0.25, 0.3) is 0 Å². The average molecular weight is 253 g/mol. The summed E-state index contributed by atoms with van der Waals surface area (Å²) >= 11 is 0. The fourth-order valence-corrected chi connectivity index (χ4v) is 3.69. The molecule has 2 rings (SSSR count). The summed E-state index contributed by atoms with van der Waals surface area (Å²) in [4.78, 5) is 0. The van der Waals surface area contributed by atoms with Crippen molar-refractivity contribution in [2.45, 2.75) is 84.4 Å². The van der Waals surface area contributed by atoms with Crippen LogP contribution in [-0.4, -0.2) is 18.4 Å². The molecule has 1 aliphatic carbocycles. The van der Waals surface area contributed by atoms with Gasteiger partial charge in [0.2, 0.25) is 0 Å². The van der Waals surface area contributed by atoms with Gasteiger partial charge in [-0.05, 0) is 49.9 Å². The first-order chi connectivity index (χ1) is 8.45. The lowest BCUT2D eigenvalue weighted by Gasteiger charge is -2.48. The molecule has 2 nitrogen and oxygen atoms in total. The van der Waals surface area contributed by atoms with Gasteiger partial charge >= 0.3 is 0 Å². The third-order valence-corrected chi connectivity index (χ3v) is 4.97. The lowest BCUT2D eigenvalue weighted by molar-refractivity contribution is -0.141. The van der Waals surface area contributed by atoms with Crippen molar-refractivity contribution in [2.24, 2.45) is 11.3 Å². The Kier molecular flexibility index (Phi) is 4.38. The lowest BCUT2D eigenvalue weighted by atomic mass is 9.70. The molecule has 0 radical (unpaired) electrons. The minimum absolute atomic E-state index is 0.0276. The van der Waals surface area contributed by atoms with E-state index >= 15 is 0 Å². The van der Waals surface area contributed by atoms with Crippen molar-refractivity contribution in [1.29, 1.82) is 0 Å². The molecule has 1 aliphatic heterocycles. The zero-order valence-electron chi connectivity index (χ0n) is 12.7. The smallest absolute Gasteiger partial charge is 0.119 e. The maximum atomic E-state index is 6.13. The third kappa shape index (κ3) is 3.27. The van der Waals surface area contributed by atoms with Gasteiger partial charge in [-0.25, -0.2) is 0 Å². The van der Waals surface area contributed by atoms with Gasteiger partial charge in [-0.1, -0.05) is 34.1 Å². The summed E-state index contributed by atoms with van der Waals surface area (Å²) < 4.78 is 6.13. The van der Waals surface area contributed by atoms with Crippen LogP contribution in [-0.2, 0) is 4.74 Å². The molecule has 0 bridgehead atoms. The van der Waals surface area contributed by atoms with Crippen molar-refractivity contribution in [3.05, 3.63) is 0 Å². The molecular weight excluding hydrogens is 222 g/mol. The summed E-state index contributed by atoms with van der Waals surface area (Å²) in [6.07, 6.45) is 8.81. The molecule has 2 aliphatic rings. The first kappa shape index (κ1) is 14.3. The second-order valence-corrected chi connectivity index (χ2v) is 7.40. The van der Waals surface area contributed by atoms with Crippen LogP contribution in [0.4, 0.5) is 0 Å². The Morgan fingerprint density at radius 1 is 1.17 bits per heavy atom. The monoisotopic (exact) mass is 253 g/mol. The summed E-state index contributed by atoms with van der Waals surface area (Å²) in [6, 6.07) is 0.690. The van der Waals surface area contributed by atoms with Crippen LogP contribution in [0.5, 0.6) is 0 Å². The highest BCUT2D eigenvalue weighted by Crippen LogP contribution is 2.43. The normalized spacial score (nSPS) is 38.0. The predicted molar refractivity (Wildman–Crippen MR) is 76.5 cm³/mol. The zero-order valence-corrected chi connectivity index (χ0v) is 12.7. The van der Waals surface area contributed by atoms with E-state index in [2.05, 4.69) is 33.0 Å². The largest absolute Gasteiger partial charge is 0.361 e. The van der Waals surface area contributed by atoms with E-state index in [4.69, 9.17) is 4.74 Å². The summed E-state index contributed by atoms with van der Waals surface area (Å²) in [7, 11) is 0. The SMILES string of the molecule is CCCC1CCOC2(CCC(C(C)(C)C)CC2)N1. The molecule has 106 valence electrons. The van der Waals surface area contributed by atoms with Crippen molar-refractivity contribution in [3.63, 3.8) is 0 Å². The number of hydrogen-bond donors (Lipinski definition) is 1. The van der Waals surface area contributed by atoms with E-state index in [1.807, 2.05) is 0 Å². The molecule has 2 fully saturated rings. The maximum absolute atomic E-state index is 6.13. The highest BCUT2D eigenvalue weighted by Gasteiger charge is 2.42. The average Bonchev–Trinajstić information content (AvgIpc) is 2.29. The first-order valence-electron chi connectivity index (χ1n) is 7.87. The van der Waals surface area contributed by atoms with Crippen LogP contribution in [0.3, 0.4) is 0 Å². The van der Waals surface area contributed by atoms with Gasteiger partial charge in [-0.15, -0.1) is 0 Å². The highest BCUT2D eigenvalue weighted by atomic mass is 16.5. The van der Waals surface area contributed by atoms with Crippen molar-refractivity contribution < 1.29 is 4.74 Å². The molecular formula is C16H31NO. The van der Waals surface area contributed by atoms with Gasteiger partial charge in [0.1, 0.15) is 5.72 Å². The van der Waals surface area contributed by atoms with Crippen LogP contribution in [0.25, 0.3) is 0 Å². The molecule has 1 heterocycles. The van der Waals surface area contributed by atoms with E-state index in [1.165, 1.54) is 44.9 Å². The molecule has 0 aromatic rings. The van der Waals surface area contributed by atoms with Crippen LogP contribution in [0.15, 0.2) is 0 Å². The van der Waals surface area contributed by atoms with Crippen LogP contribution in [0.2, 0.25) is 0 Å². The van der Waals surface area contributed by atoms with Crippen LogP contribution >= 0.6 is 0 Å². The Hall–Kier alpha value is -0.0800. The molecule has 2 heteroatoms. The molecule has 0 aromatic carbocycles. The van der Waals surface area contributed by atoms with Crippen LogP contribution in [0, 0.1) is 11.3 Å². The molecule has 1 N–H and O–H groups in total. The van der Waals surface area contributed by atoms with Crippen molar-refractivity contribution in [2.75, 3.05) is 6.61 Å². The molecule has 18 heavy (non-hydrogen) atoms. The Bertz CT molecular complexity index is 259. The number of ether oxygens (including phenoxy) is 1. The molecule has 1 saturated carbocycles. The maximum Gasteiger partial charge on any atom is 0.119 e. The van der Waals surface area contributed by atoms with Crippen LogP contribution < -0.4 is 5.32 Å². The van der Waals surface area contributed by atoms with Gasteiger partial charge in [-0.2, -0.15) is 0 Å². The summed E-state index contributed by atoms with van der Waals surface area (Å²) in [6.45, 7) is 10.4. The summed E-state index contributed by atoms with van der Waals surface area (Å²) in [5, 5.41) is 3.82. The Morgan fingerprint density at radius 3 is 2.39 bits per heavy atom. The second-order valence-electron chi connectivity index (χ2n) is 7.40. The molecule has 1 unspecified atom stereocenters. The summed E-state index contributed by atoms with van der Waals surface area (Å²) in [5.74, 6) is 0.861. The topological polar surface area (TPSA) is 21.3 Å². The quantitative estimate of drug-likeness (QED) is 0.800. The van der Waals surface area contributed by atoms with Crippen molar-refractivity contribution in [1.82, 2.24) is 5.32 Å². The van der Waals surface area contributed by atoms with Gasteiger partial charge in [-0.3, -0.25) is 5.32 Å². The van der Waals surface area contributed by atoms with E-state index in [-0.39, 0.29) is 5.72 Å². The van der Waals surface area contributed by atoms with Gasteiger partial charge < -0.3 is 4.74 Å². The number of rotatable bonds is 2. The first-order valence-corrected chi connectivity index (χ1v) is 7.87. The predicted octanol–water partition coefficient (Wildman–Crippen LogP) is 4.10. The minimum atomic E-state index is 0.0276. The fourth-order valence-electron chi connectivity index (χ4n) is 3.69. The standard InChI is InChI=1S/C16H31NO/c1-5-6-14-9-12-18-16(17-14)10-7-13(8-11-16)15(2,3)4/h13-14,17H,5-12H2,1-4H3. The van der Waals surface area contributed by atoms with Gasteiger partial charge in [0.15, 0.2) is 0 Å². The van der Waals surface area contributed by atoms with E-state index < -0.39 is 0 Å². The molecule has 0 aromatic heterocycles. The van der Waals surface area contributed by atoms with Gasteiger partial charge in [0, 0.05) is 6.04 Å². The zero-order chi connectivity index (χ0) is 13.2. The van der Waals surface area contributed by atoms with Crippen LogP contribution in [0.1, 0.15) is 72.6 Å². The second kappa shape index (κ2) is 5.50. The molecule has 0 amide bonds. The minimum Gasteiger partial charge on any atom is -0.361 e. The van der Waals surface area contributed by atoms with E-state index in [0.29, 0.717) is 11.5 Å². The van der Waals surface area contributed by atoms with Crippen molar-refractivity contribution >= 4 is 0 Å². The Balaban J connectivity index is 1.90. The van der Waals surface area contributed by atoms with E-state index in [9.17, 15) is 0 Å². The summed E-state index contributed by atoms with van der Waals surface area (Å²) in [5.41, 5.74) is 0.485. The number of hydrogen-bond acceptors (Lipinski definition) is 2. The highest BCUT2D eigenvalue weighted by molar-refractivity contribution is 4.92. The third-order valence-electron chi connectivity index (χ3n) is 4.97. The van der Waals surface area contributed by atoms with E-state index in [1.54, 1.807) is 0 Å². The fraction of sp³-hybridized carbons (Fsp3) is 1.00. The number of nitrogens with one attached hydrogen (secondary N) is 1. The Morgan fingerprint density at radius 2 is 1.83 bits per heavy atom. The van der Waals surface area contributed by atoms with E-state index in [0.717, 1.165) is 12.5 Å².